The van der Waals surface area contributed by atoms with E-state index in [4.69, 9.17) is 0 Å². The number of aromatic nitrogens is 3. The molecule has 0 saturated heterocycles. The lowest BCUT2D eigenvalue weighted by Gasteiger charge is -2.21. The molecule has 1 saturated carbocycles. The molecule has 0 spiro atoms. The van der Waals surface area contributed by atoms with Crippen LogP contribution < -0.4 is 5.32 Å². The Morgan fingerprint density at radius 2 is 1.91 bits per heavy atom. The molecule has 1 fully saturated rings. The van der Waals surface area contributed by atoms with Crippen LogP contribution in [0.3, 0.4) is 0 Å². The van der Waals surface area contributed by atoms with Crippen LogP contribution in [-0.4, -0.2) is 20.7 Å². The Kier molecular flexibility index (Phi) is 7.69. The molecule has 4 rings (SSSR count). The van der Waals surface area contributed by atoms with Gasteiger partial charge in [-0.3, -0.25) is 9.48 Å². The number of amides is 1. The second kappa shape index (κ2) is 10.5. The van der Waals surface area contributed by atoms with Crippen molar-refractivity contribution in [2.45, 2.75) is 64.6 Å². The van der Waals surface area contributed by atoms with Crippen molar-refractivity contribution in [2.24, 2.45) is 0 Å². The third-order valence-electron chi connectivity index (χ3n) is 5.25. The standard InChI is InChI=1S/C21H18F3N5O.C3H8/c22-21(23,24)19-8-4-7-16(26-19)20(30)27-17-10-14-12-29(15-5-2-1-3-6-15)28-18(14)9-13(17)11-25;1-3-2/h4,7-10,12,15H,1-3,5-6H2,(H,27,30);3H2,1-2H3. The minimum atomic E-state index is -4.65. The number of pyridine rings is 1. The van der Waals surface area contributed by atoms with Crippen LogP contribution in [0.15, 0.2) is 36.5 Å². The first-order valence-corrected chi connectivity index (χ1v) is 11.0. The van der Waals surface area contributed by atoms with E-state index in [0.717, 1.165) is 43.2 Å². The van der Waals surface area contributed by atoms with Crippen molar-refractivity contribution in [1.82, 2.24) is 14.8 Å². The van der Waals surface area contributed by atoms with Gasteiger partial charge in [0.15, 0.2) is 0 Å². The summed E-state index contributed by atoms with van der Waals surface area (Å²) in [6.07, 6.45) is 4.08. The Morgan fingerprint density at radius 3 is 2.55 bits per heavy atom. The molecular weight excluding hydrogens is 431 g/mol. The molecule has 0 radical (unpaired) electrons. The maximum atomic E-state index is 12.9. The number of rotatable bonds is 3. The summed E-state index contributed by atoms with van der Waals surface area (Å²) in [5.74, 6) is -0.823. The van der Waals surface area contributed by atoms with Gasteiger partial charge in [-0.25, -0.2) is 4.98 Å². The maximum absolute atomic E-state index is 12.9. The van der Waals surface area contributed by atoms with E-state index in [9.17, 15) is 23.2 Å². The number of nitriles is 1. The minimum Gasteiger partial charge on any atom is -0.319 e. The monoisotopic (exact) mass is 457 g/mol. The Bertz CT molecular complexity index is 1160. The molecule has 6 nitrogen and oxygen atoms in total. The molecule has 1 N–H and O–H groups in total. The summed E-state index contributed by atoms with van der Waals surface area (Å²) >= 11 is 0. The number of anilines is 1. The van der Waals surface area contributed by atoms with Crippen LogP contribution in [0.2, 0.25) is 0 Å². The molecule has 0 aliphatic heterocycles. The van der Waals surface area contributed by atoms with Crippen molar-refractivity contribution in [3.8, 4) is 6.07 Å². The summed E-state index contributed by atoms with van der Waals surface area (Å²) in [6.45, 7) is 4.25. The quantitative estimate of drug-likeness (QED) is 0.487. The minimum absolute atomic E-state index is 0.178. The zero-order valence-electron chi connectivity index (χ0n) is 18.6. The fourth-order valence-corrected chi connectivity index (χ4v) is 3.72. The van der Waals surface area contributed by atoms with Crippen molar-refractivity contribution < 1.29 is 18.0 Å². The normalized spacial score (nSPS) is 14.3. The van der Waals surface area contributed by atoms with Crippen LogP contribution in [0.4, 0.5) is 18.9 Å². The van der Waals surface area contributed by atoms with Gasteiger partial charge in [-0.15, -0.1) is 0 Å². The number of carbonyl (C=O) groups is 1. The van der Waals surface area contributed by atoms with E-state index in [1.54, 1.807) is 12.1 Å². The second-order valence-electron chi connectivity index (χ2n) is 8.04. The van der Waals surface area contributed by atoms with E-state index in [0.29, 0.717) is 11.6 Å². The van der Waals surface area contributed by atoms with Gasteiger partial charge in [0.1, 0.15) is 17.5 Å². The summed E-state index contributed by atoms with van der Waals surface area (Å²) < 4.78 is 40.5. The van der Waals surface area contributed by atoms with Crippen molar-refractivity contribution in [1.29, 1.82) is 5.26 Å². The molecule has 9 heteroatoms. The third kappa shape index (κ3) is 5.89. The molecule has 1 aliphatic carbocycles. The van der Waals surface area contributed by atoms with Gasteiger partial charge in [-0.2, -0.15) is 23.5 Å². The lowest BCUT2D eigenvalue weighted by atomic mass is 9.96. The van der Waals surface area contributed by atoms with Crippen LogP contribution >= 0.6 is 0 Å². The lowest BCUT2D eigenvalue weighted by Crippen LogP contribution is -2.17. The average Bonchev–Trinajstić information content (AvgIpc) is 3.22. The third-order valence-corrected chi connectivity index (χ3v) is 5.25. The molecule has 0 unspecified atom stereocenters. The highest BCUT2D eigenvalue weighted by molar-refractivity contribution is 6.04. The fourth-order valence-electron chi connectivity index (χ4n) is 3.72. The first-order chi connectivity index (χ1) is 15.8. The maximum Gasteiger partial charge on any atom is 0.433 e. The molecule has 3 aromatic rings. The second-order valence-corrected chi connectivity index (χ2v) is 8.04. The topological polar surface area (TPSA) is 83.6 Å². The molecular formula is C24H26F3N5O. The van der Waals surface area contributed by atoms with E-state index in [2.05, 4.69) is 29.2 Å². The Labute approximate surface area is 190 Å². The SMILES string of the molecule is CCC.N#Cc1cc2nn(C3CCCCC3)cc2cc1NC(=O)c1cccc(C(F)(F)F)n1. The van der Waals surface area contributed by atoms with Gasteiger partial charge in [-0.05, 0) is 37.1 Å². The molecule has 33 heavy (non-hydrogen) atoms. The van der Waals surface area contributed by atoms with Gasteiger partial charge in [0.05, 0.1) is 22.8 Å². The van der Waals surface area contributed by atoms with Crippen LogP contribution in [0, 0.1) is 11.3 Å². The van der Waals surface area contributed by atoms with Crippen molar-refractivity contribution in [3.05, 3.63) is 53.5 Å². The Balaban J connectivity index is 0.000000968. The van der Waals surface area contributed by atoms with Gasteiger partial charge in [0.25, 0.3) is 5.91 Å². The van der Waals surface area contributed by atoms with E-state index in [-0.39, 0.29) is 16.9 Å². The number of nitrogens with one attached hydrogen (secondary N) is 1. The molecule has 0 atom stereocenters. The number of nitrogens with zero attached hydrogens (tertiary/aromatic N) is 4. The number of benzene rings is 1. The van der Waals surface area contributed by atoms with Crippen LogP contribution in [0.5, 0.6) is 0 Å². The molecule has 1 aliphatic rings. The van der Waals surface area contributed by atoms with Gasteiger partial charge >= 0.3 is 6.18 Å². The van der Waals surface area contributed by atoms with E-state index in [1.165, 1.54) is 18.9 Å². The first kappa shape index (κ1) is 24.2. The van der Waals surface area contributed by atoms with Crippen LogP contribution in [0.1, 0.15) is 80.2 Å². The van der Waals surface area contributed by atoms with Crippen LogP contribution in [0.25, 0.3) is 10.9 Å². The lowest BCUT2D eigenvalue weighted by molar-refractivity contribution is -0.141. The Hall–Kier alpha value is -3.41. The zero-order chi connectivity index (χ0) is 24.0. The van der Waals surface area contributed by atoms with E-state index < -0.39 is 17.8 Å². The average molecular weight is 458 g/mol. The predicted octanol–water partition coefficient (Wildman–Crippen LogP) is 6.50. The summed E-state index contributed by atoms with van der Waals surface area (Å²) in [4.78, 5) is 15.9. The smallest absolute Gasteiger partial charge is 0.319 e. The van der Waals surface area contributed by atoms with Gasteiger partial charge in [-0.1, -0.05) is 45.6 Å². The number of carbonyl (C=O) groups excluding carboxylic acids is 1. The van der Waals surface area contributed by atoms with Gasteiger partial charge < -0.3 is 5.32 Å². The van der Waals surface area contributed by atoms with E-state index in [1.807, 2.05) is 16.9 Å². The van der Waals surface area contributed by atoms with Crippen molar-refractivity contribution in [2.75, 3.05) is 5.32 Å². The summed E-state index contributed by atoms with van der Waals surface area (Å²) in [7, 11) is 0. The largest absolute Gasteiger partial charge is 0.433 e. The highest BCUT2D eigenvalue weighted by Gasteiger charge is 2.33. The number of alkyl halides is 3. The first-order valence-electron chi connectivity index (χ1n) is 11.0. The fraction of sp³-hybridized carbons (Fsp3) is 0.417. The predicted molar refractivity (Wildman–Crippen MR) is 120 cm³/mol. The molecule has 2 heterocycles. The summed E-state index contributed by atoms with van der Waals surface area (Å²) in [5, 5.41) is 17.3. The van der Waals surface area contributed by atoms with Gasteiger partial charge in [0.2, 0.25) is 0 Å². The number of hydrogen-bond acceptors (Lipinski definition) is 4. The molecule has 2 aromatic heterocycles. The molecule has 1 amide bonds. The Morgan fingerprint density at radius 1 is 1.21 bits per heavy atom. The highest BCUT2D eigenvalue weighted by Crippen LogP contribution is 2.31. The number of halogens is 3. The summed E-state index contributed by atoms with van der Waals surface area (Å²) in [6, 6.07) is 8.61. The number of fused-ring (bicyclic) bond motifs is 1. The highest BCUT2D eigenvalue weighted by atomic mass is 19.4. The molecule has 1 aromatic carbocycles. The van der Waals surface area contributed by atoms with E-state index >= 15 is 0 Å². The molecule has 0 bridgehead atoms. The van der Waals surface area contributed by atoms with Crippen molar-refractivity contribution in [3.63, 3.8) is 0 Å². The molecule has 174 valence electrons. The summed E-state index contributed by atoms with van der Waals surface area (Å²) in [5.41, 5.74) is -0.520. The zero-order valence-corrected chi connectivity index (χ0v) is 18.6. The van der Waals surface area contributed by atoms with Crippen LogP contribution in [-0.2, 0) is 6.18 Å². The number of hydrogen-bond donors (Lipinski definition) is 1. The van der Waals surface area contributed by atoms with Crippen molar-refractivity contribution >= 4 is 22.5 Å². The van der Waals surface area contributed by atoms with Gasteiger partial charge in [0, 0.05) is 11.6 Å².